The van der Waals surface area contributed by atoms with E-state index in [1.807, 2.05) is 0 Å². The lowest BCUT2D eigenvalue weighted by Gasteiger charge is -2.18. The van der Waals surface area contributed by atoms with Gasteiger partial charge in [0.25, 0.3) is 0 Å². The molecule has 0 aromatic carbocycles. The molecule has 6 heteroatoms. The van der Waals surface area contributed by atoms with Crippen LogP contribution >= 0.6 is 0 Å². The first-order valence-electron chi connectivity index (χ1n) is 36.1. The van der Waals surface area contributed by atoms with Crippen molar-refractivity contribution in [1.29, 1.82) is 0 Å². The van der Waals surface area contributed by atoms with Gasteiger partial charge in [-0.25, -0.2) is 0 Å². The molecule has 0 fully saturated rings. The molecule has 1 atom stereocenters. The number of carbonyl (C=O) groups is 3. The van der Waals surface area contributed by atoms with Crippen molar-refractivity contribution in [1.82, 2.24) is 0 Å². The predicted octanol–water partition coefficient (Wildman–Crippen LogP) is 24.9. The molecule has 81 heavy (non-hydrogen) atoms. The maximum absolute atomic E-state index is 12.9. The smallest absolute Gasteiger partial charge is 0.306 e. The minimum atomic E-state index is -0.783. The largest absolute Gasteiger partial charge is 0.462 e. The Bertz CT molecular complexity index is 1400. The van der Waals surface area contributed by atoms with Crippen molar-refractivity contribution in [3.05, 3.63) is 48.6 Å². The zero-order chi connectivity index (χ0) is 58.5. The summed E-state index contributed by atoms with van der Waals surface area (Å²) in [6, 6.07) is 0. The highest BCUT2D eigenvalue weighted by Crippen LogP contribution is 2.19. The Labute approximate surface area is 505 Å². The van der Waals surface area contributed by atoms with E-state index in [0.29, 0.717) is 19.3 Å². The topological polar surface area (TPSA) is 78.9 Å². The second-order valence-electron chi connectivity index (χ2n) is 24.5. The van der Waals surface area contributed by atoms with Crippen molar-refractivity contribution < 1.29 is 28.6 Å². The fourth-order valence-electron chi connectivity index (χ4n) is 10.8. The SMILES string of the molecule is CCCC/C=C\CCCCCCCC(=O)OCC(COC(=O)CCCCCCCCCCCCCCCCCCCCCCCCCCCCCCCCC)OC(=O)CCCCCCCC/C=C\C/C=C\C/C=C\CCCCCCC. The standard InChI is InChI=1S/C75H138O6/c1-4-7-10-13-16-19-22-24-26-28-30-32-33-34-35-36-37-38-39-40-41-43-44-46-48-50-53-56-59-62-65-68-74(77)80-71-72(70-79-73(76)67-64-61-58-55-52-21-18-15-12-9-6-3)81-75(78)69-66-63-60-57-54-51-49-47-45-42-31-29-27-25-23-20-17-14-11-8-5-2/h15,18,23,25,29,31,45,47,72H,4-14,16-17,19-22,24,26-28,30,32-44,46,48-71H2,1-3H3/b18-15-,25-23-,31-29-,47-45-. The van der Waals surface area contributed by atoms with Gasteiger partial charge >= 0.3 is 17.9 Å². The highest BCUT2D eigenvalue weighted by molar-refractivity contribution is 5.71. The molecule has 474 valence electrons. The molecule has 0 spiro atoms. The van der Waals surface area contributed by atoms with Gasteiger partial charge in [0.2, 0.25) is 0 Å². The number of unbranched alkanes of at least 4 members (excludes halogenated alkanes) is 48. The van der Waals surface area contributed by atoms with Crippen molar-refractivity contribution in [2.24, 2.45) is 0 Å². The monoisotopic (exact) mass is 1140 g/mol. The van der Waals surface area contributed by atoms with Crippen molar-refractivity contribution in [2.75, 3.05) is 13.2 Å². The summed E-state index contributed by atoms with van der Waals surface area (Å²) in [7, 11) is 0. The number of hydrogen-bond acceptors (Lipinski definition) is 6. The summed E-state index contributed by atoms with van der Waals surface area (Å²) >= 11 is 0. The lowest BCUT2D eigenvalue weighted by molar-refractivity contribution is -0.167. The van der Waals surface area contributed by atoms with Gasteiger partial charge in [-0.2, -0.15) is 0 Å². The van der Waals surface area contributed by atoms with Crippen LogP contribution in [-0.4, -0.2) is 37.2 Å². The van der Waals surface area contributed by atoms with E-state index in [0.717, 1.165) is 83.5 Å². The van der Waals surface area contributed by atoms with E-state index in [1.54, 1.807) is 0 Å². The van der Waals surface area contributed by atoms with Crippen LogP contribution < -0.4 is 0 Å². The van der Waals surface area contributed by atoms with E-state index in [4.69, 9.17) is 14.2 Å². The van der Waals surface area contributed by atoms with Gasteiger partial charge in [-0.05, 0) is 77.0 Å². The third-order valence-corrected chi connectivity index (χ3v) is 16.3. The third kappa shape index (κ3) is 68.0. The van der Waals surface area contributed by atoms with E-state index in [9.17, 15) is 14.4 Å². The molecule has 0 aromatic rings. The molecular formula is C75H138O6. The van der Waals surface area contributed by atoms with E-state index in [-0.39, 0.29) is 31.1 Å². The number of ether oxygens (including phenoxy) is 3. The molecule has 0 N–H and O–H groups in total. The Morgan fingerprint density at radius 2 is 0.457 bits per heavy atom. The molecule has 1 unspecified atom stereocenters. The Balaban J connectivity index is 4.14. The molecule has 0 saturated carbocycles. The minimum absolute atomic E-state index is 0.0776. The Kier molecular flexibility index (Phi) is 67.6. The van der Waals surface area contributed by atoms with E-state index >= 15 is 0 Å². The fraction of sp³-hybridized carbons (Fsp3) is 0.853. The number of rotatable bonds is 67. The van der Waals surface area contributed by atoms with Crippen LogP contribution in [-0.2, 0) is 28.6 Å². The Morgan fingerprint density at radius 3 is 0.741 bits per heavy atom. The first-order valence-corrected chi connectivity index (χ1v) is 36.1. The number of hydrogen-bond donors (Lipinski definition) is 0. The number of allylic oxidation sites excluding steroid dienone is 8. The normalized spacial score (nSPS) is 12.3. The summed E-state index contributed by atoms with van der Waals surface area (Å²) in [5, 5.41) is 0. The average Bonchev–Trinajstić information content (AvgIpc) is 3.47. The van der Waals surface area contributed by atoms with Crippen LogP contribution in [0.2, 0.25) is 0 Å². The summed E-state index contributed by atoms with van der Waals surface area (Å²) in [6.07, 6.45) is 88.8. The van der Waals surface area contributed by atoms with Crippen molar-refractivity contribution in [2.45, 2.75) is 399 Å². The maximum atomic E-state index is 12.9. The zero-order valence-corrected chi connectivity index (χ0v) is 54.6. The van der Waals surface area contributed by atoms with E-state index in [1.165, 1.54) is 270 Å². The molecule has 0 aliphatic heterocycles. The highest BCUT2D eigenvalue weighted by atomic mass is 16.6. The molecule has 0 aromatic heterocycles. The molecule has 0 rings (SSSR count). The molecule has 6 nitrogen and oxygen atoms in total. The first-order chi connectivity index (χ1) is 40.0. The maximum Gasteiger partial charge on any atom is 0.306 e. The molecule has 0 aliphatic carbocycles. The average molecular weight is 1140 g/mol. The molecule has 0 saturated heterocycles. The van der Waals surface area contributed by atoms with Gasteiger partial charge in [0, 0.05) is 19.3 Å². The van der Waals surface area contributed by atoms with Gasteiger partial charge in [-0.3, -0.25) is 14.4 Å². The van der Waals surface area contributed by atoms with Gasteiger partial charge in [0.15, 0.2) is 6.10 Å². The van der Waals surface area contributed by atoms with Crippen molar-refractivity contribution in [3.8, 4) is 0 Å². The van der Waals surface area contributed by atoms with Crippen LogP contribution in [0.15, 0.2) is 48.6 Å². The van der Waals surface area contributed by atoms with E-state index < -0.39 is 6.10 Å². The molecule has 0 heterocycles. The van der Waals surface area contributed by atoms with Crippen LogP contribution in [0.4, 0.5) is 0 Å². The molecule has 0 radical (unpaired) electrons. The van der Waals surface area contributed by atoms with Gasteiger partial charge in [0.1, 0.15) is 13.2 Å². The van der Waals surface area contributed by atoms with Crippen LogP contribution in [0.1, 0.15) is 393 Å². The van der Waals surface area contributed by atoms with Gasteiger partial charge < -0.3 is 14.2 Å². The fourth-order valence-corrected chi connectivity index (χ4v) is 10.8. The van der Waals surface area contributed by atoms with Crippen LogP contribution in [0.25, 0.3) is 0 Å². The highest BCUT2D eigenvalue weighted by Gasteiger charge is 2.19. The summed E-state index contributed by atoms with van der Waals surface area (Å²) in [5.74, 6) is -0.878. The summed E-state index contributed by atoms with van der Waals surface area (Å²) in [5.41, 5.74) is 0. The van der Waals surface area contributed by atoms with E-state index in [2.05, 4.69) is 69.4 Å². The van der Waals surface area contributed by atoms with Gasteiger partial charge in [0.05, 0.1) is 0 Å². The molecular weight excluding hydrogens is 997 g/mol. The summed E-state index contributed by atoms with van der Waals surface area (Å²) in [4.78, 5) is 38.3. The first kappa shape index (κ1) is 78.4. The lowest BCUT2D eigenvalue weighted by Crippen LogP contribution is -2.30. The summed E-state index contributed by atoms with van der Waals surface area (Å²) < 4.78 is 16.9. The molecule has 0 amide bonds. The van der Waals surface area contributed by atoms with Crippen molar-refractivity contribution in [3.63, 3.8) is 0 Å². The second kappa shape index (κ2) is 69.9. The van der Waals surface area contributed by atoms with Crippen molar-refractivity contribution >= 4 is 17.9 Å². The van der Waals surface area contributed by atoms with Gasteiger partial charge in [-0.1, -0.05) is 345 Å². The zero-order valence-electron chi connectivity index (χ0n) is 54.6. The Morgan fingerprint density at radius 1 is 0.247 bits per heavy atom. The quantitative estimate of drug-likeness (QED) is 0.0261. The van der Waals surface area contributed by atoms with Crippen LogP contribution in [0, 0.1) is 0 Å². The molecule has 0 bridgehead atoms. The second-order valence-corrected chi connectivity index (χ2v) is 24.5. The molecule has 0 aliphatic rings. The lowest BCUT2D eigenvalue weighted by atomic mass is 10.0. The predicted molar refractivity (Wildman–Crippen MR) is 353 cm³/mol. The number of esters is 3. The third-order valence-electron chi connectivity index (χ3n) is 16.3. The minimum Gasteiger partial charge on any atom is -0.462 e. The van der Waals surface area contributed by atoms with Crippen LogP contribution in [0.5, 0.6) is 0 Å². The van der Waals surface area contributed by atoms with Crippen LogP contribution in [0.3, 0.4) is 0 Å². The van der Waals surface area contributed by atoms with Gasteiger partial charge in [-0.15, -0.1) is 0 Å². The summed E-state index contributed by atoms with van der Waals surface area (Å²) in [6.45, 7) is 6.63. The Hall–Kier alpha value is -2.63. The number of carbonyl (C=O) groups excluding carboxylic acids is 3.